The third-order valence-corrected chi connectivity index (χ3v) is 5.07. The molecule has 0 N–H and O–H groups in total. The van der Waals surface area contributed by atoms with E-state index in [2.05, 4.69) is 10.3 Å². The van der Waals surface area contributed by atoms with E-state index in [1.54, 1.807) is 4.90 Å². The van der Waals surface area contributed by atoms with E-state index in [1.165, 1.54) is 6.92 Å². The van der Waals surface area contributed by atoms with Gasteiger partial charge in [0.15, 0.2) is 0 Å². The van der Waals surface area contributed by atoms with Crippen molar-refractivity contribution in [1.29, 1.82) is 0 Å². The summed E-state index contributed by atoms with van der Waals surface area (Å²) in [5.74, 6) is 0.0454. The Hall–Kier alpha value is -2.70. The smallest absolute Gasteiger partial charge is 0.245 e. The van der Waals surface area contributed by atoms with E-state index in [0.717, 1.165) is 24.1 Å². The van der Waals surface area contributed by atoms with E-state index in [4.69, 9.17) is 0 Å². The summed E-state index contributed by atoms with van der Waals surface area (Å²) >= 11 is 0. The minimum Gasteiger partial charge on any atom is -0.336 e. The first-order valence-corrected chi connectivity index (χ1v) is 8.67. The molecular weight excluding hydrogens is 318 g/mol. The molecule has 7 heteroatoms. The van der Waals surface area contributed by atoms with Crippen LogP contribution in [0.4, 0.5) is 0 Å². The summed E-state index contributed by atoms with van der Waals surface area (Å²) in [7, 11) is 0. The number of nitrogens with zero attached hydrogens (tertiary/aromatic N) is 5. The summed E-state index contributed by atoms with van der Waals surface area (Å²) in [6, 6.07) is 9.79. The van der Waals surface area contributed by atoms with Crippen LogP contribution in [0, 0.1) is 0 Å². The van der Waals surface area contributed by atoms with Crippen LogP contribution in [-0.4, -0.2) is 62.3 Å². The molecule has 2 aliphatic heterocycles. The Labute approximate surface area is 146 Å². The predicted molar refractivity (Wildman–Crippen MR) is 91.5 cm³/mol. The zero-order valence-electron chi connectivity index (χ0n) is 14.2. The third-order valence-electron chi connectivity index (χ3n) is 5.07. The largest absolute Gasteiger partial charge is 0.336 e. The lowest BCUT2D eigenvalue weighted by Gasteiger charge is -2.41. The summed E-state index contributed by atoms with van der Waals surface area (Å²) in [5, 5.41) is 8.44. The zero-order chi connectivity index (χ0) is 17.4. The van der Waals surface area contributed by atoms with Crippen LogP contribution in [0.3, 0.4) is 0 Å². The maximum atomic E-state index is 12.6. The molecule has 2 aliphatic rings. The van der Waals surface area contributed by atoms with E-state index >= 15 is 0 Å². The van der Waals surface area contributed by atoms with Crippen molar-refractivity contribution < 1.29 is 9.59 Å². The highest BCUT2D eigenvalue weighted by Crippen LogP contribution is 2.27. The number of rotatable bonds is 3. The van der Waals surface area contributed by atoms with Crippen molar-refractivity contribution in [2.75, 3.05) is 19.6 Å². The number of carbonyl (C=O) groups is 2. The van der Waals surface area contributed by atoms with Crippen molar-refractivity contribution in [3.8, 4) is 11.3 Å². The molecule has 0 aliphatic carbocycles. The first kappa shape index (κ1) is 15.8. The molecule has 3 heterocycles. The molecule has 1 aromatic heterocycles. The van der Waals surface area contributed by atoms with E-state index < -0.39 is 0 Å². The van der Waals surface area contributed by atoms with Gasteiger partial charge in [-0.2, -0.15) is 0 Å². The minimum atomic E-state index is -0.283. The maximum absolute atomic E-state index is 12.6. The van der Waals surface area contributed by atoms with E-state index in [9.17, 15) is 9.59 Å². The molecule has 1 atom stereocenters. The molecule has 0 saturated carbocycles. The highest BCUT2D eigenvalue weighted by Gasteiger charge is 2.40. The van der Waals surface area contributed by atoms with Crippen molar-refractivity contribution in [2.24, 2.45) is 0 Å². The van der Waals surface area contributed by atoms with Gasteiger partial charge in [0.25, 0.3) is 0 Å². The molecule has 2 amide bonds. The molecule has 2 saturated heterocycles. The van der Waals surface area contributed by atoms with Crippen molar-refractivity contribution in [3.05, 3.63) is 36.5 Å². The summed E-state index contributed by atoms with van der Waals surface area (Å²) < 4.78 is 1.84. The lowest BCUT2D eigenvalue weighted by molar-refractivity contribution is -0.147. The Morgan fingerprint density at radius 1 is 1.16 bits per heavy atom. The summed E-state index contributed by atoms with van der Waals surface area (Å²) in [4.78, 5) is 27.8. The minimum absolute atomic E-state index is 0.0169. The zero-order valence-corrected chi connectivity index (χ0v) is 14.2. The van der Waals surface area contributed by atoms with Crippen LogP contribution in [0.25, 0.3) is 11.3 Å². The Bertz CT molecular complexity index is 782. The molecule has 2 fully saturated rings. The van der Waals surface area contributed by atoms with Gasteiger partial charge in [0, 0.05) is 32.1 Å². The first-order valence-electron chi connectivity index (χ1n) is 8.67. The monoisotopic (exact) mass is 339 g/mol. The molecule has 0 radical (unpaired) electrons. The van der Waals surface area contributed by atoms with Gasteiger partial charge in [-0.3, -0.25) is 9.59 Å². The van der Waals surface area contributed by atoms with Crippen LogP contribution >= 0.6 is 0 Å². The lowest BCUT2D eigenvalue weighted by Crippen LogP contribution is -2.56. The number of likely N-dealkylation sites (tertiary alicyclic amines) is 2. The summed E-state index contributed by atoms with van der Waals surface area (Å²) in [6.07, 6.45) is 3.59. The van der Waals surface area contributed by atoms with Crippen LogP contribution in [0.2, 0.25) is 0 Å². The standard InChI is InChI=1S/C18H21N5O2/c1-13(24)22-9-5-8-17(22)18(25)21-10-15(11-21)23-12-16(19-20-23)14-6-3-2-4-7-14/h2-4,6-7,12,15,17H,5,8-11H2,1H3/t17-/m1/s1. The van der Waals surface area contributed by atoms with Gasteiger partial charge in [-0.05, 0) is 12.8 Å². The van der Waals surface area contributed by atoms with Crippen molar-refractivity contribution in [3.63, 3.8) is 0 Å². The Kier molecular flexibility index (Phi) is 3.99. The molecule has 0 spiro atoms. The highest BCUT2D eigenvalue weighted by molar-refractivity contribution is 5.88. The second-order valence-corrected chi connectivity index (χ2v) is 6.72. The van der Waals surface area contributed by atoms with Gasteiger partial charge in [-0.25, -0.2) is 4.68 Å². The Morgan fingerprint density at radius 3 is 2.64 bits per heavy atom. The van der Waals surface area contributed by atoms with E-state index in [1.807, 2.05) is 46.1 Å². The normalized spacial score (nSPS) is 20.6. The van der Waals surface area contributed by atoms with Crippen LogP contribution in [0.15, 0.2) is 36.5 Å². The van der Waals surface area contributed by atoms with Gasteiger partial charge in [-0.1, -0.05) is 35.5 Å². The third kappa shape index (κ3) is 2.90. The highest BCUT2D eigenvalue weighted by atomic mass is 16.2. The van der Waals surface area contributed by atoms with Gasteiger partial charge in [0.1, 0.15) is 11.7 Å². The lowest BCUT2D eigenvalue weighted by atomic mass is 10.1. The van der Waals surface area contributed by atoms with E-state index in [-0.39, 0.29) is 23.9 Å². The van der Waals surface area contributed by atoms with Gasteiger partial charge >= 0.3 is 0 Å². The maximum Gasteiger partial charge on any atom is 0.245 e. The molecule has 130 valence electrons. The van der Waals surface area contributed by atoms with Crippen LogP contribution in [-0.2, 0) is 9.59 Å². The van der Waals surface area contributed by atoms with Gasteiger partial charge in [0.05, 0.1) is 12.2 Å². The van der Waals surface area contributed by atoms with Crippen molar-refractivity contribution in [2.45, 2.75) is 31.8 Å². The Morgan fingerprint density at radius 2 is 1.92 bits per heavy atom. The van der Waals surface area contributed by atoms with Crippen molar-refractivity contribution in [1.82, 2.24) is 24.8 Å². The average molecular weight is 339 g/mol. The van der Waals surface area contributed by atoms with Gasteiger partial charge in [0.2, 0.25) is 11.8 Å². The number of hydrogen-bond donors (Lipinski definition) is 0. The quantitative estimate of drug-likeness (QED) is 0.846. The fourth-order valence-electron chi connectivity index (χ4n) is 3.61. The number of hydrogen-bond acceptors (Lipinski definition) is 4. The predicted octanol–water partition coefficient (Wildman–Crippen LogP) is 1.34. The fourth-order valence-corrected chi connectivity index (χ4v) is 3.61. The number of amides is 2. The molecule has 1 aromatic carbocycles. The molecule has 0 unspecified atom stereocenters. The van der Waals surface area contributed by atoms with Crippen LogP contribution in [0.5, 0.6) is 0 Å². The topological polar surface area (TPSA) is 71.3 Å². The molecule has 2 aromatic rings. The van der Waals surface area contributed by atoms with Crippen LogP contribution in [0.1, 0.15) is 25.8 Å². The van der Waals surface area contributed by atoms with Crippen molar-refractivity contribution >= 4 is 11.8 Å². The molecule has 0 bridgehead atoms. The van der Waals surface area contributed by atoms with Gasteiger partial charge < -0.3 is 9.80 Å². The Balaban J connectivity index is 1.38. The second-order valence-electron chi connectivity index (χ2n) is 6.72. The number of aromatic nitrogens is 3. The average Bonchev–Trinajstić information content (AvgIpc) is 3.24. The number of benzene rings is 1. The molecule has 4 rings (SSSR count). The SMILES string of the molecule is CC(=O)N1CCC[C@@H]1C(=O)N1CC(n2cc(-c3ccccc3)nn2)C1. The number of carbonyl (C=O) groups excluding carboxylic acids is 2. The first-order chi connectivity index (χ1) is 12.1. The summed E-state index contributed by atoms with van der Waals surface area (Å²) in [5.41, 5.74) is 1.87. The molecular formula is C18H21N5O2. The molecule has 25 heavy (non-hydrogen) atoms. The summed E-state index contributed by atoms with van der Waals surface area (Å²) in [6.45, 7) is 3.47. The molecule has 7 nitrogen and oxygen atoms in total. The van der Waals surface area contributed by atoms with E-state index in [0.29, 0.717) is 19.6 Å². The van der Waals surface area contributed by atoms with Crippen LogP contribution < -0.4 is 0 Å². The second kappa shape index (κ2) is 6.31. The van der Waals surface area contributed by atoms with Gasteiger partial charge in [-0.15, -0.1) is 5.10 Å². The fraction of sp³-hybridized carbons (Fsp3) is 0.444.